The van der Waals surface area contributed by atoms with Crippen LogP contribution in [-0.2, 0) is 14.8 Å². The Morgan fingerprint density at radius 1 is 1.20 bits per heavy atom. The number of ether oxygens (including phenoxy) is 3. The lowest BCUT2D eigenvalue weighted by atomic mass is 10.2. The highest BCUT2D eigenvalue weighted by atomic mass is 35.5. The average Bonchev–Trinajstić information content (AvgIpc) is 2.88. The number of amides is 1. The first-order chi connectivity index (χ1) is 14.1. The van der Waals surface area contributed by atoms with E-state index in [0.29, 0.717) is 33.6 Å². The van der Waals surface area contributed by atoms with E-state index in [4.69, 9.17) is 25.8 Å². The van der Waals surface area contributed by atoms with Crippen LogP contribution in [0.25, 0.3) is 0 Å². The fourth-order valence-corrected chi connectivity index (χ4v) is 4.36. The molecule has 1 atom stereocenters. The van der Waals surface area contributed by atoms with Crippen LogP contribution in [0.4, 0.5) is 11.4 Å². The lowest BCUT2D eigenvalue weighted by molar-refractivity contribution is -0.122. The largest absolute Gasteiger partial charge is 0.495 e. The lowest BCUT2D eigenvalue weighted by Gasteiger charge is -2.21. The fourth-order valence-electron chi connectivity index (χ4n) is 3.19. The van der Waals surface area contributed by atoms with E-state index < -0.39 is 22.0 Å². The van der Waals surface area contributed by atoms with Crippen molar-refractivity contribution in [1.29, 1.82) is 0 Å². The Morgan fingerprint density at radius 2 is 1.90 bits per heavy atom. The van der Waals surface area contributed by atoms with Crippen molar-refractivity contribution in [2.75, 3.05) is 36.6 Å². The second kappa shape index (κ2) is 8.61. The van der Waals surface area contributed by atoms with Gasteiger partial charge in [-0.25, -0.2) is 8.42 Å². The zero-order valence-corrected chi connectivity index (χ0v) is 18.6. The zero-order chi connectivity index (χ0) is 22.1. The molecule has 0 saturated carbocycles. The molecule has 3 rings (SSSR count). The van der Waals surface area contributed by atoms with Gasteiger partial charge in [0.25, 0.3) is 5.91 Å². The van der Waals surface area contributed by atoms with Crippen molar-refractivity contribution < 1.29 is 27.4 Å². The highest BCUT2D eigenvalue weighted by Crippen LogP contribution is 2.37. The summed E-state index contributed by atoms with van der Waals surface area (Å²) in [5.74, 6) is 0.610. The molecule has 1 aliphatic rings. The van der Waals surface area contributed by atoms with Gasteiger partial charge in [0.1, 0.15) is 17.2 Å². The van der Waals surface area contributed by atoms with E-state index in [-0.39, 0.29) is 13.0 Å². The number of carbonyl (C=O) groups excluding carboxylic acids is 1. The van der Waals surface area contributed by atoms with Crippen LogP contribution in [0.15, 0.2) is 30.3 Å². The van der Waals surface area contributed by atoms with Gasteiger partial charge in [-0.15, -0.1) is 0 Å². The van der Waals surface area contributed by atoms with Gasteiger partial charge in [0.2, 0.25) is 10.0 Å². The topological polar surface area (TPSA) is 94.2 Å². The number of anilines is 2. The third kappa shape index (κ3) is 4.57. The third-order valence-corrected chi connectivity index (χ3v) is 6.15. The molecule has 30 heavy (non-hydrogen) atoms. The van der Waals surface area contributed by atoms with E-state index in [1.54, 1.807) is 24.3 Å². The molecule has 1 amide bonds. The molecular weight excluding hydrogens is 432 g/mol. The van der Waals surface area contributed by atoms with Crippen molar-refractivity contribution in [3.05, 3.63) is 40.9 Å². The van der Waals surface area contributed by atoms with Crippen LogP contribution in [0, 0.1) is 6.92 Å². The third-order valence-electron chi connectivity index (χ3n) is 4.67. The molecule has 0 aromatic heterocycles. The SMILES string of the molecule is COc1cc(NC(=O)C2CCN(S(C)(=O)=O)c3cc(C)ccc3O2)c(OC)cc1Cl. The van der Waals surface area contributed by atoms with Gasteiger partial charge in [-0.1, -0.05) is 17.7 Å². The first kappa shape index (κ1) is 22.0. The summed E-state index contributed by atoms with van der Waals surface area (Å²) in [5, 5.41) is 3.10. The number of hydrogen-bond donors (Lipinski definition) is 1. The molecule has 1 heterocycles. The predicted octanol–water partition coefficient (Wildman–Crippen LogP) is 3.22. The Kier molecular flexibility index (Phi) is 6.33. The van der Waals surface area contributed by atoms with Gasteiger partial charge in [0, 0.05) is 25.1 Å². The minimum atomic E-state index is -3.54. The van der Waals surface area contributed by atoms with Crippen LogP contribution in [-0.4, -0.2) is 47.4 Å². The molecule has 2 aromatic rings. The summed E-state index contributed by atoms with van der Waals surface area (Å²) in [7, 11) is -0.620. The molecular formula is C20H23ClN2O6S. The lowest BCUT2D eigenvalue weighted by Crippen LogP contribution is -2.36. The number of benzene rings is 2. The molecule has 1 N–H and O–H groups in total. The number of halogens is 1. The summed E-state index contributed by atoms with van der Waals surface area (Å²) in [6, 6.07) is 8.28. The minimum Gasteiger partial charge on any atom is -0.495 e. The maximum absolute atomic E-state index is 13.0. The van der Waals surface area contributed by atoms with Crippen LogP contribution in [0.2, 0.25) is 5.02 Å². The van der Waals surface area contributed by atoms with Crippen molar-refractivity contribution in [3.8, 4) is 17.2 Å². The molecule has 0 radical (unpaired) electrons. The number of nitrogens with zero attached hydrogens (tertiary/aromatic N) is 1. The molecule has 8 nitrogen and oxygen atoms in total. The van der Waals surface area contributed by atoms with E-state index in [9.17, 15) is 13.2 Å². The first-order valence-electron chi connectivity index (χ1n) is 9.11. The van der Waals surface area contributed by atoms with Gasteiger partial charge in [0.15, 0.2) is 6.10 Å². The minimum absolute atomic E-state index is 0.106. The Balaban J connectivity index is 1.91. The summed E-state index contributed by atoms with van der Waals surface area (Å²) in [5.41, 5.74) is 1.66. The highest BCUT2D eigenvalue weighted by molar-refractivity contribution is 7.92. The molecule has 162 valence electrons. The molecule has 0 saturated heterocycles. The number of fused-ring (bicyclic) bond motifs is 1. The van der Waals surface area contributed by atoms with Crippen LogP contribution < -0.4 is 23.8 Å². The maximum atomic E-state index is 13.0. The Hall–Kier alpha value is -2.65. The number of methoxy groups -OCH3 is 2. The Morgan fingerprint density at radius 3 is 2.53 bits per heavy atom. The summed E-state index contributed by atoms with van der Waals surface area (Å²) in [6.07, 6.45) is 0.383. The summed E-state index contributed by atoms with van der Waals surface area (Å²) >= 11 is 6.11. The Bertz CT molecular complexity index is 1070. The number of sulfonamides is 1. The normalized spacial score (nSPS) is 16.2. The van der Waals surface area contributed by atoms with Crippen LogP contribution in [0.3, 0.4) is 0 Å². The number of carbonyl (C=O) groups is 1. The van der Waals surface area contributed by atoms with Gasteiger partial charge >= 0.3 is 0 Å². The fraction of sp³-hybridized carbons (Fsp3) is 0.350. The van der Waals surface area contributed by atoms with Gasteiger partial charge in [-0.2, -0.15) is 0 Å². The number of rotatable bonds is 5. The highest BCUT2D eigenvalue weighted by Gasteiger charge is 2.31. The van der Waals surface area contributed by atoms with Crippen molar-refractivity contribution in [3.63, 3.8) is 0 Å². The summed E-state index contributed by atoms with van der Waals surface area (Å²) in [6.45, 7) is 1.96. The van der Waals surface area contributed by atoms with Gasteiger partial charge in [-0.05, 0) is 24.6 Å². The molecule has 10 heteroatoms. The number of nitrogens with one attached hydrogen (secondary N) is 1. The van der Waals surface area contributed by atoms with Crippen LogP contribution in [0.5, 0.6) is 17.2 Å². The van der Waals surface area contributed by atoms with E-state index in [1.807, 2.05) is 6.92 Å². The smallest absolute Gasteiger partial charge is 0.265 e. The van der Waals surface area contributed by atoms with E-state index in [0.717, 1.165) is 11.8 Å². The molecule has 2 aromatic carbocycles. The molecule has 0 fully saturated rings. The van der Waals surface area contributed by atoms with Gasteiger partial charge in [-0.3, -0.25) is 9.10 Å². The summed E-state index contributed by atoms with van der Waals surface area (Å²) < 4.78 is 42.2. The summed E-state index contributed by atoms with van der Waals surface area (Å²) in [4.78, 5) is 13.0. The van der Waals surface area contributed by atoms with Crippen LogP contribution in [0.1, 0.15) is 12.0 Å². The second-order valence-electron chi connectivity index (χ2n) is 6.88. The quantitative estimate of drug-likeness (QED) is 0.745. The standard InChI is InChI=1S/C20H23ClN2O6S/c1-12-5-6-16-15(9-12)23(30(4,25)26)8-7-17(29-16)20(24)22-14-11-18(27-2)13(21)10-19(14)28-3/h5-6,9-11,17H,7-8H2,1-4H3,(H,22,24). The predicted molar refractivity (Wildman–Crippen MR) is 116 cm³/mol. The van der Waals surface area contributed by atoms with E-state index >= 15 is 0 Å². The molecule has 1 unspecified atom stereocenters. The van der Waals surface area contributed by atoms with E-state index in [2.05, 4.69) is 5.32 Å². The molecule has 0 aliphatic carbocycles. The number of hydrogen-bond acceptors (Lipinski definition) is 6. The van der Waals surface area contributed by atoms with Crippen molar-refractivity contribution in [1.82, 2.24) is 0 Å². The van der Waals surface area contributed by atoms with Crippen molar-refractivity contribution in [2.45, 2.75) is 19.4 Å². The van der Waals surface area contributed by atoms with Crippen molar-refractivity contribution in [2.24, 2.45) is 0 Å². The van der Waals surface area contributed by atoms with E-state index in [1.165, 1.54) is 24.6 Å². The van der Waals surface area contributed by atoms with Crippen LogP contribution >= 0.6 is 11.6 Å². The van der Waals surface area contributed by atoms with Gasteiger partial charge < -0.3 is 19.5 Å². The zero-order valence-electron chi connectivity index (χ0n) is 17.1. The monoisotopic (exact) mass is 454 g/mol. The number of aryl methyl sites for hydroxylation is 1. The van der Waals surface area contributed by atoms with Gasteiger partial charge in [0.05, 0.1) is 36.9 Å². The van der Waals surface area contributed by atoms with Crippen molar-refractivity contribution >= 4 is 38.9 Å². The molecule has 0 spiro atoms. The second-order valence-corrected chi connectivity index (χ2v) is 9.19. The average molecular weight is 455 g/mol. The first-order valence-corrected chi connectivity index (χ1v) is 11.3. The Labute approximate surface area is 180 Å². The maximum Gasteiger partial charge on any atom is 0.265 e. The molecule has 0 bridgehead atoms. The molecule has 1 aliphatic heterocycles.